The van der Waals surface area contributed by atoms with Crippen LogP contribution in [0.4, 0.5) is 10.1 Å². The number of hydrogen-bond donors (Lipinski definition) is 0. The minimum atomic E-state index is -3.14. The van der Waals surface area contributed by atoms with E-state index in [1.54, 1.807) is 0 Å². The van der Waals surface area contributed by atoms with Gasteiger partial charge in [0.2, 0.25) is 5.75 Å². The second kappa shape index (κ2) is 6.58. The standard InChI is InChI=1S/C15H17FN2O6S/c16-10-1-4-13(18(20)21)14(7-10)24-8-15(19)17(11-2-3-11)12-5-6-25(22,23)9-12/h1,4,7,11-12H,2-3,5-6,8-9H2/t12-/m0/s1. The molecule has 136 valence electrons. The third kappa shape index (κ3) is 4.06. The van der Waals surface area contributed by atoms with Gasteiger partial charge >= 0.3 is 5.69 Å². The highest BCUT2D eigenvalue weighted by atomic mass is 32.2. The van der Waals surface area contributed by atoms with Crippen molar-refractivity contribution in [3.8, 4) is 5.75 Å². The van der Waals surface area contributed by atoms with E-state index in [0.29, 0.717) is 6.42 Å². The third-order valence-electron chi connectivity index (χ3n) is 4.30. The molecule has 1 amide bonds. The molecule has 0 spiro atoms. The first-order chi connectivity index (χ1) is 11.8. The van der Waals surface area contributed by atoms with E-state index < -0.39 is 44.8 Å². The summed E-state index contributed by atoms with van der Waals surface area (Å²) in [6, 6.07) is 2.35. The van der Waals surface area contributed by atoms with Crippen LogP contribution >= 0.6 is 0 Å². The Morgan fingerprint density at radius 3 is 2.60 bits per heavy atom. The molecule has 1 aliphatic carbocycles. The summed E-state index contributed by atoms with van der Waals surface area (Å²) in [6.45, 7) is -0.503. The molecular weight excluding hydrogens is 355 g/mol. The summed E-state index contributed by atoms with van der Waals surface area (Å²) < 4.78 is 41.8. The van der Waals surface area contributed by atoms with E-state index in [4.69, 9.17) is 4.74 Å². The SMILES string of the molecule is O=C(COc1cc(F)ccc1[N+](=O)[O-])N(C1CC1)[C@H]1CCS(=O)(=O)C1. The van der Waals surface area contributed by atoms with Crippen LogP contribution in [0.2, 0.25) is 0 Å². The van der Waals surface area contributed by atoms with Crippen molar-refractivity contribution >= 4 is 21.4 Å². The maximum Gasteiger partial charge on any atom is 0.311 e. The lowest BCUT2D eigenvalue weighted by atomic mass is 10.2. The van der Waals surface area contributed by atoms with Gasteiger partial charge in [0.25, 0.3) is 5.91 Å². The van der Waals surface area contributed by atoms with Gasteiger partial charge in [-0.3, -0.25) is 14.9 Å². The number of benzene rings is 1. The van der Waals surface area contributed by atoms with Gasteiger partial charge in [-0.2, -0.15) is 0 Å². The molecule has 2 fully saturated rings. The van der Waals surface area contributed by atoms with Crippen molar-refractivity contribution in [2.75, 3.05) is 18.1 Å². The molecule has 3 rings (SSSR count). The predicted octanol–water partition coefficient (Wildman–Crippen LogP) is 1.29. The second-order valence-electron chi connectivity index (χ2n) is 6.25. The number of sulfone groups is 1. The zero-order valence-corrected chi connectivity index (χ0v) is 14.1. The molecule has 10 heteroatoms. The molecule has 1 saturated heterocycles. The third-order valence-corrected chi connectivity index (χ3v) is 6.05. The summed E-state index contributed by atoms with van der Waals surface area (Å²) in [5, 5.41) is 11.0. The van der Waals surface area contributed by atoms with E-state index in [2.05, 4.69) is 0 Å². The average Bonchev–Trinajstić information content (AvgIpc) is 3.29. The molecule has 8 nitrogen and oxygen atoms in total. The molecule has 0 radical (unpaired) electrons. The van der Waals surface area contributed by atoms with Gasteiger partial charge in [-0.25, -0.2) is 12.8 Å². The van der Waals surface area contributed by atoms with Gasteiger partial charge in [0.15, 0.2) is 16.4 Å². The number of nitrogens with zero attached hydrogens (tertiary/aromatic N) is 2. The molecule has 1 heterocycles. The molecule has 25 heavy (non-hydrogen) atoms. The van der Waals surface area contributed by atoms with Crippen LogP contribution in [0.25, 0.3) is 0 Å². The zero-order valence-electron chi connectivity index (χ0n) is 13.3. The van der Waals surface area contributed by atoms with Crippen molar-refractivity contribution < 1.29 is 27.3 Å². The highest BCUT2D eigenvalue weighted by molar-refractivity contribution is 7.91. The van der Waals surface area contributed by atoms with Gasteiger partial charge in [0.05, 0.1) is 16.4 Å². The molecule has 0 N–H and O–H groups in total. The van der Waals surface area contributed by atoms with E-state index in [0.717, 1.165) is 31.0 Å². The number of nitro benzene ring substituents is 1. The number of hydrogen-bond acceptors (Lipinski definition) is 6. The van der Waals surface area contributed by atoms with Crippen molar-refractivity contribution in [2.24, 2.45) is 0 Å². The first-order valence-corrected chi connectivity index (χ1v) is 9.67. The fourth-order valence-corrected chi connectivity index (χ4v) is 4.73. The van der Waals surface area contributed by atoms with Gasteiger partial charge in [-0.1, -0.05) is 0 Å². The Morgan fingerprint density at radius 2 is 2.04 bits per heavy atom. The average molecular weight is 372 g/mol. The first kappa shape index (κ1) is 17.6. The Morgan fingerprint density at radius 1 is 1.32 bits per heavy atom. The maximum absolute atomic E-state index is 13.3. The summed E-state index contributed by atoms with van der Waals surface area (Å²) in [4.78, 5) is 24.3. The highest BCUT2D eigenvalue weighted by Crippen LogP contribution is 2.33. The number of halogens is 1. The van der Waals surface area contributed by atoms with Crippen LogP contribution in [-0.4, -0.2) is 54.3 Å². The fraction of sp³-hybridized carbons (Fsp3) is 0.533. The monoisotopic (exact) mass is 372 g/mol. The molecule has 1 aliphatic heterocycles. The van der Waals surface area contributed by atoms with Gasteiger partial charge in [0, 0.05) is 24.2 Å². The second-order valence-corrected chi connectivity index (χ2v) is 8.48. The zero-order chi connectivity index (χ0) is 18.2. The minimum Gasteiger partial charge on any atom is -0.477 e. The number of carbonyl (C=O) groups excluding carboxylic acids is 1. The predicted molar refractivity (Wildman–Crippen MR) is 85.5 cm³/mol. The van der Waals surface area contributed by atoms with Crippen LogP contribution in [-0.2, 0) is 14.6 Å². The molecule has 0 bridgehead atoms. The van der Waals surface area contributed by atoms with Crippen LogP contribution in [0.5, 0.6) is 5.75 Å². The van der Waals surface area contributed by atoms with Crippen LogP contribution in [0.15, 0.2) is 18.2 Å². The van der Waals surface area contributed by atoms with Crippen molar-refractivity contribution in [3.63, 3.8) is 0 Å². The Hall–Kier alpha value is -2.23. The number of rotatable bonds is 6. The van der Waals surface area contributed by atoms with Gasteiger partial charge in [0.1, 0.15) is 5.82 Å². The Balaban J connectivity index is 1.71. The van der Waals surface area contributed by atoms with Crippen molar-refractivity contribution in [3.05, 3.63) is 34.1 Å². The van der Waals surface area contributed by atoms with E-state index in [-0.39, 0.29) is 23.3 Å². The summed E-state index contributed by atoms with van der Waals surface area (Å²) in [6.07, 6.45) is 1.97. The summed E-state index contributed by atoms with van der Waals surface area (Å²) in [5.74, 6) is -1.51. The molecule has 1 aromatic carbocycles. The largest absolute Gasteiger partial charge is 0.477 e. The van der Waals surface area contributed by atoms with Crippen LogP contribution in [0.3, 0.4) is 0 Å². The van der Waals surface area contributed by atoms with Gasteiger partial charge in [-0.15, -0.1) is 0 Å². The smallest absolute Gasteiger partial charge is 0.311 e. The summed E-state index contributed by atoms with van der Waals surface area (Å²) in [7, 11) is -3.14. The number of amides is 1. The molecule has 0 unspecified atom stereocenters. The number of carbonyl (C=O) groups is 1. The fourth-order valence-electron chi connectivity index (χ4n) is 3.02. The van der Waals surface area contributed by atoms with Crippen molar-refractivity contribution in [1.29, 1.82) is 0 Å². The van der Waals surface area contributed by atoms with Gasteiger partial charge < -0.3 is 9.64 Å². The van der Waals surface area contributed by atoms with E-state index in [1.165, 1.54) is 4.90 Å². The number of nitro groups is 1. The molecular formula is C15H17FN2O6S. The summed E-state index contributed by atoms with van der Waals surface area (Å²) in [5.41, 5.74) is -0.435. The molecule has 2 aliphatic rings. The lowest BCUT2D eigenvalue weighted by Gasteiger charge is -2.28. The lowest BCUT2D eigenvalue weighted by Crippen LogP contribution is -2.45. The van der Waals surface area contributed by atoms with E-state index in [9.17, 15) is 27.7 Å². The number of ether oxygens (including phenoxy) is 1. The molecule has 1 saturated carbocycles. The van der Waals surface area contributed by atoms with Crippen LogP contribution in [0.1, 0.15) is 19.3 Å². The van der Waals surface area contributed by atoms with E-state index in [1.807, 2.05) is 0 Å². The molecule has 0 aromatic heterocycles. The normalized spacial score (nSPS) is 21.7. The van der Waals surface area contributed by atoms with Crippen LogP contribution in [0, 0.1) is 15.9 Å². The highest BCUT2D eigenvalue weighted by Gasteiger charge is 2.42. The van der Waals surface area contributed by atoms with Crippen molar-refractivity contribution in [2.45, 2.75) is 31.3 Å². The quantitative estimate of drug-likeness (QED) is 0.550. The minimum absolute atomic E-state index is 0.0168. The first-order valence-electron chi connectivity index (χ1n) is 7.85. The Kier molecular flexibility index (Phi) is 4.63. The van der Waals surface area contributed by atoms with Crippen molar-refractivity contribution in [1.82, 2.24) is 4.90 Å². The molecule has 1 aromatic rings. The van der Waals surface area contributed by atoms with Crippen LogP contribution < -0.4 is 4.74 Å². The van der Waals surface area contributed by atoms with E-state index >= 15 is 0 Å². The molecule has 1 atom stereocenters. The topological polar surface area (TPSA) is 107 Å². The van der Waals surface area contributed by atoms with Gasteiger partial charge in [-0.05, 0) is 25.3 Å². The summed E-state index contributed by atoms with van der Waals surface area (Å²) >= 11 is 0. The Bertz CT molecular complexity index is 808. The lowest BCUT2D eigenvalue weighted by molar-refractivity contribution is -0.385. The Labute approximate surface area is 143 Å². The maximum atomic E-state index is 13.3.